The molecule has 1 aromatic heterocycles. The van der Waals surface area contributed by atoms with Crippen LogP contribution in [0.1, 0.15) is 33.9 Å². The second-order valence-corrected chi connectivity index (χ2v) is 5.42. The SMILES string of the molecule is COC(=O)c1ccc(CN=C(N)Nc2ccc3c(c2)CCC3)o1. The van der Waals surface area contributed by atoms with Crippen LogP contribution in [0.25, 0.3) is 0 Å². The Morgan fingerprint density at radius 1 is 1.30 bits per heavy atom. The number of ether oxygens (including phenoxy) is 1. The van der Waals surface area contributed by atoms with Crippen molar-refractivity contribution in [2.75, 3.05) is 12.4 Å². The van der Waals surface area contributed by atoms with Crippen molar-refractivity contribution in [2.45, 2.75) is 25.8 Å². The number of anilines is 1. The van der Waals surface area contributed by atoms with Gasteiger partial charge in [0.1, 0.15) is 12.3 Å². The molecule has 0 atom stereocenters. The van der Waals surface area contributed by atoms with Crippen molar-refractivity contribution in [1.82, 2.24) is 0 Å². The zero-order chi connectivity index (χ0) is 16.2. The topological polar surface area (TPSA) is 89.8 Å². The maximum Gasteiger partial charge on any atom is 0.373 e. The molecule has 0 saturated heterocycles. The smallest absolute Gasteiger partial charge is 0.373 e. The van der Waals surface area contributed by atoms with Crippen LogP contribution >= 0.6 is 0 Å². The highest BCUT2D eigenvalue weighted by atomic mass is 16.5. The number of aryl methyl sites for hydroxylation is 2. The Kier molecular flexibility index (Phi) is 4.32. The summed E-state index contributed by atoms with van der Waals surface area (Å²) in [6.45, 7) is 0.251. The van der Waals surface area contributed by atoms with Crippen LogP contribution in [0.15, 0.2) is 39.7 Å². The van der Waals surface area contributed by atoms with Crippen molar-refractivity contribution in [2.24, 2.45) is 10.7 Å². The lowest BCUT2D eigenvalue weighted by molar-refractivity contribution is 0.0563. The molecule has 0 radical (unpaired) electrons. The number of nitrogens with zero attached hydrogens (tertiary/aromatic N) is 1. The first-order valence-corrected chi connectivity index (χ1v) is 7.51. The molecular formula is C17H19N3O3. The van der Waals surface area contributed by atoms with Gasteiger partial charge in [-0.25, -0.2) is 9.79 Å². The summed E-state index contributed by atoms with van der Waals surface area (Å²) in [5, 5.41) is 3.08. The molecule has 3 N–H and O–H groups in total. The van der Waals surface area contributed by atoms with Crippen LogP contribution in [0, 0.1) is 0 Å². The predicted molar refractivity (Wildman–Crippen MR) is 87.5 cm³/mol. The molecule has 1 heterocycles. The number of nitrogens with one attached hydrogen (secondary N) is 1. The van der Waals surface area contributed by atoms with Gasteiger partial charge in [-0.1, -0.05) is 6.07 Å². The van der Waals surface area contributed by atoms with Gasteiger partial charge in [-0.15, -0.1) is 0 Å². The molecule has 1 aliphatic rings. The summed E-state index contributed by atoms with van der Waals surface area (Å²) in [4.78, 5) is 15.5. The lowest BCUT2D eigenvalue weighted by Gasteiger charge is -2.07. The van der Waals surface area contributed by atoms with Gasteiger partial charge < -0.3 is 20.2 Å². The molecule has 3 rings (SSSR count). The van der Waals surface area contributed by atoms with Crippen LogP contribution in [-0.2, 0) is 24.1 Å². The summed E-state index contributed by atoms with van der Waals surface area (Å²) in [7, 11) is 1.31. The molecule has 2 aromatic rings. The first-order valence-electron chi connectivity index (χ1n) is 7.51. The number of fused-ring (bicyclic) bond motifs is 1. The van der Waals surface area contributed by atoms with E-state index in [2.05, 4.69) is 27.2 Å². The van der Waals surface area contributed by atoms with E-state index >= 15 is 0 Å². The van der Waals surface area contributed by atoms with E-state index in [1.165, 1.54) is 24.7 Å². The Labute approximate surface area is 134 Å². The summed E-state index contributed by atoms with van der Waals surface area (Å²) < 4.78 is 9.92. The van der Waals surface area contributed by atoms with Crippen molar-refractivity contribution in [3.05, 3.63) is 53.0 Å². The highest BCUT2D eigenvalue weighted by molar-refractivity contribution is 5.92. The quantitative estimate of drug-likeness (QED) is 0.514. The Morgan fingerprint density at radius 3 is 2.96 bits per heavy atom. The Bertz CT molecular complexity index is 749. The molecule has 0 saturated carbocycles. The first-order chi connectivity index (χ1) is 11.2. The Balaban J connectivity index is 1.61. The Hall–Kier alpha value is -2.76. The highest BCUT2D eigenvalue weighted by Crippen LogP contribution is 2.24. The van der Waals surface area contributed by atoms with E-state index in [9.17, 15) is 4.79 Å². The number of aliphatic imine (C=N–C) groups is 1. The fraction of sp³-hybridized carbons (Fsp3) is 0.294. The maximum atomic E-state index is 11.3. The molecular weight excluding hydrogens is 294 g/mol. The fourth-order valence-electron chi connectivity index (χ4n) is 2.67. The minimum atomic E-state index is -0.510. The largest absolute Gasteiger partial charge is 0.463 e. The molecule has 0 aliphatic heterocycles. The van der Waals surface area contributed by atoms with Gasteiger partial charge in [0.25, 0.3) is 0 Å². The van der Waals surface area contributed by atoms with Gasteiger partial charge in [-0.2, -0.15) is 0 Å². The number of hydrogen-bond acceptors (Lipinski definition) is 4. The van der Waals surface area contributed by atoms with Crippen molar-refractivity contribution in [1.29, 1.82) is 0 Å². The van der Waals surface area contributed by atoms with Gasteiger partial charge in [-0.05, 0) is 54.7 Å². The van der Waals surface area contributed by atoms with Crippen molar-refractivity contribution in [3.8, 4) is 0 Å². The van der Waals surface area contributed by atoms with E-state index in [4.69, 9.17) is 10.2 Å². The average Bonchev–Trinajstić information content (AvgIpc) is 3.20. The Morgan fingerprint density at radius 2 is 2.13 bits per heavy atom. The van der Waals surface area contributed by atoms with E-state index in [0.717, 1.165) is 18.5 Å². The summed E-state index contributed by atoms with van der Waals surface area (Å²) in [5.74, 6) is 0.496. The average molecular weight is 313 g/mol. The van der Waals surface area contributed by atoms with E-state index in [0.29, 0.717) is 11.7 Å². The highest BCUT2D eigenvalue weighted by Gasteiger charge is 2.12. The van der Waals surface area contributed by atoms with Gasteiger partial charge in [0.15, 0.2) is 5.96 Å². The second kappa shape index (κ2) is 6.56. The number of esters is 1. The van der Waals surface area contributed by atoms with E-state index in [1.807, 2.05) is 6.07 Å². The summed E-state index contributed by atoms with van der Waals surface area (Å²) in [6, 6.07) is 9.49. The van der Waals surface area contributed by atoms with Crippen LogP contribution < -0.4 is 11.1 Å². The van der Waals surface area contributed by atoms with E-state index in [-0.39, 0.29) is 12.3 Å². The molecule has 1 aromatic carbocycles. The fourth-order valence-corrected chi connectivity index (χ4v) is 2.67. The number of benzene rings is 1. The van der Waals surface area contributed by atoms with Gasteiger partial charge >= 0.3 is 5.97 Å². The summed E-state index contributed by atoms with van der Waals surface area (Å²) in [5.41, 5.74) is 9.61. The van der Waals surface area contributed by atoms with E-state index < -0.39 is 5.97 Å². The number of carbonyl (C=O) groups is 1. The van der Waals surface area contributed by atoms with Crippen LogP contribution in [0.5, 0.6) is 0 Å². The normalized spacial score (nSPS) is 13.7. The molecule has 1 aliphatic carbocycles. The third kappa shape index (κ3) is 3.53. The third-order valence-corrected chi connectivity index (χ3v) is 3.82. The molecule has 0 fully saturated rings. The minimum absolute atomic E-state index is 0.155. The zero-order valence-electron chi connectivity index (χ0n) is 13.0. The van der Waals surface area contributed by atoms with Crippen molar-refractivity contribution >= 4 is 17.6 Å². The van der Waals surface area contributed by atoms with Crippen LogP contribution in [0.3, 0.4) is 0 Å². The van der Waals surface area contributed by atoms with Gasteiger partial charge in [-0.3, -0.25) is 0 Å². The first kappa shape index (κ1) is 15.1. The van der Waals surface area contributed by atoms with Crippen molar-refractivity contribution < 1.29 is 13.9 Å². The second-order valence-electron chi connectivity index (χ2n) is 5.42. The molecule has 0 unspecified atom stereocenters. The number of rotatable bonds is 4. The van der Waals surface area contributed by atoms with Gasteiger partial charge in [0.2, 0.25) is 5.76 Å². The number of carbonyl (C=O) groups excluding carboxylic acids is 1. The molecule has 23 heavy (non-hydrogen) atoms. The molecule has 6 heteroatoms. The van der Waals surface area contributed by atoms with E-state index in [1.54, 1.807) is 12.1 Å². The van der Waals surface area contributed by atoms with Crippen LogP contribution in [-0.4, -0.2) is 19.0 Å². The minimum Gasteiger partial charge on any atom is -0.463 e. The van der Waals surface area contributed by atoms with Crippen LogP contribution in [0.4, 0.5) is 5.69 Å². The number of furan rings is 1. The van der Waals surface area contributed by atoms with Gasteiger partial charge in [0.05, 0.1) is 7.11 Å². The predicted octanol–water partition coefficient (Wildman–Crippen LogP) is 2.48. The molecule has 6 nitrogen and oxygen atoms in total. The maximum absolute atomic E-state index is 11.3. The number of guanidine groups is 1. The number of hydrogen-bond donors (Lipinski definition) is 2. The summed E-state index contributed by atoms with van der Waals surface area (Å²) in [6.07, 6.45) is 3.48. The number of methoxy groups -OCH3 is 1. The zero-order valence-corrected chi connectivity index (χ0v) is 13.0. The lowest BCUT2D eigenvalue weighted by Crippen LogP contribution is -2.22. The molecule has 0 amide bonds. The molecule has 0 bridgehead atoms. The van der Waals surface area contributed by atoms with Gasteiger partial charge in [0, 0.05) is 5.69 Å². The molecule has 0 spiro atoms. The molecule has 120 valence electrons. The monoisotopic (exact) mass is 313 g/mol. The third-order valence-electron chi connectivity index (χ3n) is 3.82. The van der Waals surface area contributed by atoms with Crippen LogP contribution in [0.2, 0.25) is 0 Å². The number of nitrogens with two attached hydrogens (primary N) is 1. The summed E-state index contributed by atoms with van der Waals surface area (Å²) >= 11 is 0. The standard InChI is InChI=1S/C17H19N3O3/c1-22-16(21)15-8-7-14(23-15)10-19-17(18)20-13-6-5-11-3-2-4-12(11)9-13/h5-9H,2-4,10H2,1H3,(H3,18,19,20). The lowest BCUT2D eigenvalue weighted by atomic mass is 10.1. The van der Waals surface area contributed by atoms with Crippen molar-refractivity contribution in [3.63, 3.8) is 0 Å².